The van der Waals surface area contributed by atoms with E-state index < -0.39 is 0 Å². The Bertz CT molecular complexity index is 390. The number of hydrogen-bond acceptors (Lipinski definition) is 3. The van der Waals surface area contributed by atoms with Crippen LogP contribution in [0.3, 0.4) is 0 Å². The molecule has 2 rings (SSSR count). The van der Waals surface area contributed by atoms with E-state index in [1.165, 1.54) is 71.2 Å². The summed E-state index contributed by atoms with van der Waals surface area (Å²) >= 11 is 0. The van der Waals surface area contributed by atoms with Crippen LogP contribution in [0.4, 0.5) is 0 Å². The number of aliphatic imine (C=N–C) groups is 1. The average Bonchev–Trinajstić information content (AvgIpc) is 2.64. The van der Waals surface area contributed by atoms with Crippen molar-refractivity contribution in [1.29, 1.82) is 0 Å². The maximum Gasteiger partial charge on any atom is 0.191 e. The molecule has 0 spiro atoms. The molecule has 0 bridgehead atoms. The summed E-state index contributed by atoms with van der Waals surface area (Å²) in [6.07, 6.45) is 8.00. The minimum Gasteiger partial charge on any atom is -0.357 e. The van der Waals surface area contributed by atoms with Crippen molar-refractivity contribution in [2.24, 2.45) is 10.9 Å². The van der Waals surface area contributed by atoms with E-state index in [2.05, 4.69) is 41.2 Å². The number of guanidine groups is 1. The summed E-state index contributed by atoms with van der Waals surface area (Å²) in [5, 5.41) is 6.94. The Labute approximate surface area is 178 Å². The lowest BCUT2D eigenvalue weighted by atomic mass is 9.98. The Morgan fingerprint density at radius 3 is 2.65 bits per heavy atom. The quantitative estimate of drug-likeness (QED) is 0.243. The second-order valence-corrected chi connectivity index (χ2v) is 7.78. The summed E-state index contributed by atoms with van der Waals surface area (Å²) in [7, 11) is 0. The zero-order valence-corrected chi connectivity index (χ0v) is 19.6. The molecule has 0 aromatic carbocycles. The highest BCUT2D eigenvalue weighted by Crippen LogP contribution is 2.17. The Kier molecular flexibility index (Phi) is 12.9. The summed E-state index contributed by atoms with van der Waals surface area (Å²) in [4.78, 5) is 10.1. The number of halogens is 1. The smallest absolute Gasteiger partial charge is 0.191 e. The molecule has 2 aliphatic heterocycles. The second kappa shape index (κ2) is 14.0. The number of piperidine rings is 2. The van der Waals surface area contributed by atoms with Gasteiger partial charge >= 0.3 is 0 Å². The highest BCUT2D eigenvalue weighted by atomic mass is 127. The highest BCUT2D eigenvalue weighted by molar-refractivity contribution is 14.0. The first-order valence-corrected chi connectivity index (χ1v) is 10.7. The molecule has 2 aliphatic rings. The molecule has 2 unspecified atom stereocenters. The molecule has 6 heteroatoms. The van der Waals surface area contributed by atoms with E-state index in [-0.39, 0.29) is 24.0 Å². The Hall–Kier alpha value is -0.0800. The van der Waals surface area contributed by atoms with Crippen molar-refractivity contribution in [2.75, 3.05) is 52.4 Å². The van der Waals surface area contributed by atoms with Crippen LogP contribution in [-0.4, -0.2) is 74.2 Å². The second-order valence-electron chi connectivity index (χ2n) is 7.78. The minimum atomic E-state index is 0. The molecule has 0 aliphatic carbocycles. The SMILES string of the molecule is CCNC(=NCC1CCCN(CC)C1)NCCCN1CCCCC1C.I. The van der Waals surface area contributed by atoms with Crippen LogP contribution < -0.4 is 10.6 Å². The molecule has 154 valence electrons. The molecule has 0 amide bonds. The van der Waals surface area contributed by atoms with Crippen LogP contribution in [-0.2, 0) is 0 Å². The minimum absolute atomic E-state index is 0. The summed E-state index contributed by atoms with van der Waals surface area (Å²) < 4.78 is 0. The number of nitrogens with zero attached hydrogens (tertiary/aromatic N) is 3. The number of nitrogens with one attached hydrogen (secondary N) is 2. The molecule has 2 heterocycles. The Morgan fingerprint density at radius 1 is 1.08 bits per heavy atom. The normalized spacial score (nSPS) is 25.6. The highest BCUT2D eigenvalue weighted by Gasteiger charge is 2.19. The molecule has 2 saturated heterocycles. The first-order chi connectivity index (χ1) is 12.2. The predicted molar refractivity (Wildman–Crippen MR) is 124 cm³/mol. The predicted octanol–water partition coefficient (Wildman–Crippen LogP) is 3.16. The van der Waals surface area contributed by atoms with Gasteiger partial charge in [0.2, 0.25) is 0 Å². The third-order valence-electron chi connectivity index (χ3n) is 5.76. The van der Waals surface area contributed by atoms with E-state index >= 15 is 0 Å². The van der Waals surface area contributed by atoms with Crippen LogP contribution in [0.25, 0.3) is 0 Å². The van der Waals surface area contributed by atoms with Crippen molar-refractivity contribution >= 4 is 29.9 Å². The van der Waals surface area contributed by atoms with Crippen LogP contribution in [0.2, 0.25) is 0 Å². The molecule has 2 N–H and O–H groups in total. The maximum absolute atomic E-state index is 4.86. The van der Waals surface area contributed by atoms with E-state index in [1.807, 2.05) is 0 Å². The molecule has 26 heavy (non-hydrogen) atoms. The van der Waals surface area contributed by atoms with Gasteiger partial charge in [0.15, 0.2) is 5.96 Å². The third kappa shape index (κ3) is 8.74. The maximum atomic E-state index is 4.86. The fraction of sp³-hybridized carbons (Fsp3) is 0.950. The van der Waals surface area contributed by atoms with Crippen molar-refractivity contribution in [3.63, 3.8) is 0 Å². The van der Waals surface area contributed by atoms with Crippen LogP contribution in [0.15, 0.2) is 4.99 Å². The summed E-state index contributed by atoms with van der Waals surface area (Å²) in [5.41, 5.74) is 0. The van der Waals surface area contributed by atoms with Gasteiger partial charge in [-0.2, -0.15) is 0 Å². The molecule has 0 aromatic heterocycles. The van der Waals surface area contributed by atoms with Gasteiger partial charge in [-0.15, -0.1) is 24.0 Å². The zero-order valence-electron chi connectivity index (χ0n) is 17.3. The molecule has 0 radical (unpaired) electrons. The Morgan fingerprint density at radius 2 is 1.92 bits per heavy atom. The molecule has 0 saturated carbocycles. The van der Waals surface area contributed by atoms with Gasteiger partial charge in [-0.3, -0.25) is 4.99 Å². The van der Waals surface area contributed by atoms with Gasteiger partial charge in [-0.05, 0) is 71.5 Å². The van der Waals surface area contributed by atoms with E-state index in [4.69, 9.17) is 4.99 Å². The summed E-state index contributed by atoms with van der Waals surface area (Å²) in [5.74, 6) is 1.72. The molecular formula is C20H42IN5. The van der Waals surface area contributed by atoms with Gasteiger partial charge in [0, 0.05) is 38.8 Å². The van der Waals surface area contributed by atoms with Gasteiger partial charge in [0.25, 0.3) is 0 Å². The topological polar surface area (TPSA) is 42.9 Å². The first kappa shape index (κ1) is 24.0. The van der Waals surface area contributed by atoms with Crippen molar-refractivity contribution < 1.29 is 0 Å². The molecule has 5 nitrogen and oxygen atoms in total. The van der Waals surface area contributed by atoms with Crippen LogP contribution >= 0.6 is 24.0 Å². The van der Waals surface area contributed by atoms with Crippen molar-refractivity contribution in [1.82, 2.24) is 20.4 Å². The average molecular weight is 479 g/mol. The standard InChI is InChI=1S/C20H41N5.HI/c1-4-21-20(23-16-19-11-8-13-24(5-2)17-19)22-12-9-15-25-14-7-6-10-18(25)3;/h18-19H,4-17H2,1-3H3,(H2,21,22,23);1H. The number of rotatable bonds is 8. The Balaban J connectivity index is 0.00000338. The van der Waals surface area contributed by atoms with Gasteiger partial charge in [0.1, 0.15) is 0 Å². The fourth-order valence-corrected chi connectivity index (χ4v) is 4.13. The summed E-state index contributed by atoms with van der Waals surface area (Å²) in [6, 6.07) is 0.767. The van der Waals surface area contributed by atoms with Gasteiger partial charge in [-0.25, -0.2) is 0 Å². The largest absolute Gasteiger partial charge is 0.357 e. The van der Waals surface area contributed by atoms with Crippen LogP contribution in [0.5, 0.6) is 0 Å². The zero-order chi connectivity index (χ0) is 17.9. The van der Waals surface area contributed by atoms with Crippen molar-refractivity contribution in [3.8, 4) is 0 Å². The van der Waals surface area contributed by atoms with Crippen LogP contribution in [0, 0.1) is 5.92 Å². The number of hydrogen-bond donors (Lipinski definition) is 2. The molecule has 2 fully saturated rings. The van der Waals surface area contributed by atoms with Crippen molar-refractivity contribution in [2.45, 2.75) is 65.3 Å². The summed E-state index contributed by atoms with van der Waals surface area (Å²) in [6.45, 7) is 15.8. The van der Waals surface area contributed by atoms with Crippen LogP contribution in [0.1, 0.15) is 59.3 Å². The molecule has 2 atom stereocenters. The molecule has 0 aromatic rings. The lowest BCUT2D eigenvalue weighted by molar-refractivity contribution is 0.159. The van der Waals surface area contributed by atoms with E-state index in [0.29, 0.717) is 0 Å². The fourth-order valence-electron chi connectivity index (χ4n) is 4.13. The van der Waals surface area contributed by atoms with Crippen molar-refractivity contribution in [3.05, 3.63) is 0 Å². The van der Waals surface area contributed by atoms with Gasteiger partial charge in [-0.1, -0.05) is 13.3 Å². The third-order valence-corrected chi connectivity index (χ3v) is 5.76. The van der Waals surface area contributed by atoms with Gasteiger partial charge < -0.3 is 20.4 Å². The lowest BCUT2D eigenvalue weighted by Gasteiger charge is -2.33. The van der Waals surface area contributed by atoms with E-state index in [0.717, 1.165) is 37.6 Å². The van der Waals surface area contributed by atoms with E-state index in [1.54, 1.807) is 0 Å². The monoisotopic (exact) mass is 479 g/mol. The van der Waals surface area contributed by atoms with E-state index in [9.17, 15) is 0 Å². The number of likely N-dealkylation sites (tertiary alicyclic amines) is 2. The molecular weight excluding hydrogens is 437 g/mol. The van der Waals surface area contributed by atoms with Gasteiger partial charge in [0.05, 0.1) is 0 Å². The first-order valence-electron chi connectivity index (χ1n) is 10.7. The lowest BCUT2D eigenvalue weighted by Crippen LogP contribution is -2.42.